The Bertz CT molecular complexity index is 1070. The Morgan fingerprint density at radius 1 is 1.20 bits per heavy atom. The molecule has 1 aliphatic heterocycles. The number of allylic oxidation sites excluding steroid dienone is 1. The highest BCUT2D eigenvalue weighted by atomic mass is 32.1. The smallest absolute Gasteiger partial charge is 0.341 e. The molecule has 0 spiro atoms. The average molecular weight is 427 g/mol. The molecule has 158 valence electrons. The van der Waals surface area contributed by atoms with Gasteiger partial charge in [0.15, 0.2) is 12.4 Å². The molecule has 2 heterocycles. The van der Waals surface area contributed by atoms with E-state index in [1.54, 1.807) is 13.0 Å². The molecule has 2 aromatic rings. The number of carbonyl (C=O) groups excluding carboxylic acids is 3. The topological polar surface area (TPSA) is 75.7 Å². The number of anilines is 2. The fourth-order valence-electron chi connectivity index (χ4n) is 3.78. The SMILES string of the molecule is CC(=O)Nc1sc(C)c(C)c1C(=O)OCC(=O)/C=C1/N(C)c2ccccc2C1(C)C. The Balaban J connectivity index is 1.76. The van der Waals surface area contributed by atoms with E-state index in [0.29, 0.717) is 10.6 Å². The van der Waals surface area contributed by atoms with Crippen molar-refractivity contribution in [2.75, 3.05) is 23.9 Å². The number of fused-ring (bicyclic) bond motifs is 1. The monoisotopic (exact) mass is 426 g/mol. The van der Waals surface area contributed by atoms with Crippen molar-refractivity contribution < 1.29 is 19.1 Å². The number of nitrogens with one attached hydrogen (secondary N) is 1. The first-order valence-corrected chi connectivity index (χ1v) is 10.5. The average Bonchev–Trinajstić information content (AvgIpc) is 3.05. The van der Waals surface area contributed by atoms with Crippen LogP contribution in [0.15, 0.2) is 36.0 Å². The number of ether oxygens (including phenoxy) is 1. The fourth-order valence-corrected chi connectivity index (χ4v) is 4.88. The maximum Gasteiger partial charge on any atom is 0.341 e. The molecule has 0 unspecified atom stereocenters. The van der Waals surface area contributed by atoms with Crippen LogP contribution in [-0.2, 0) is 19.7 Å². The third-order valence-corrected chi connectivity index (χ3v) is 6.59. The van der Waals surface area contributed by atoms with Crippen LogP contribution in [0.3, 0.4) is 0 Å². The molecule has 7 heteroatoms. The Morgan fingerprint density at radius 3 is 2.50 bits per heavy atom. The number of thiophene rings is 1. The minimum Gasteiger partial charge on any atom is -0.454 e. The predicted molar refractivity (Wildman–Crippen MR) is 119 cm³/mol. The summed E-state index contributed by atoms with van der Waals surface area (Å²) >= 11 is 1.31. The Kier molecular flexibility index (Phi) is 5.85. The molecule has 0 fully saturated rings. The zero-order valence-corrected chi connectivity index (χ0v) is 18.9. The van der Waals surface area contributed by atoms with Crippen molar-refractivity contribution in [1.82, 2.24) is 0 Å². The summed E-state index contributed by atoms with van der Waals surface area (Å²) in [5.74, 6) is -1.18. The van der Waals surface area contributed by atoms with E-state index < -0.39 is 5.97 Å². The maximum absolute atomic E-state index is 12.6. The van der Waals surface area contributed by atoms with Crippen LogP contribution in [0.5, 0.6) is 0 Å². The van der Waals surface area contributed by atoms with Gasteiger partial charge < -0.3 is 15.0 Å². The predicted octanol–water partition coefficient (Wildman–Crippen LogP) is 4.36. The number of esters is 1. The summed E-state index contributed by atoms with van der Waals surface area (Å²) in [4.78, 5) is 39.6. The first-order chi connectivity index (χ1) is 14.0. The minimum absolute atomic E-state index is 0.267. The molecule has 3 rings (SSSR count). The zero-order chi connectivity index (χ0) is 22.2. The van der Waals surface area contributed by atoms with E-state index in [2.05, 4.69) is 25.2 Å². The highest BCUT2D eigenvalue weighted by molar-refractivity contribution is 7.16. The van der Waals surface area contributed by atoms with Crippen LogP contribution in [-0.4, -0.2) is 31.3 Å². The van der Waals surface area contributed by atoms with E-state index in [1.165, 1.54) is 18.3 Å². The van der Waals surface area contributed by atoms with Crippen LogP contribution in [0.4, 0.5) is 10.7 Å². The van der Waals surface area contributed by atoms with Gasteiger partial charge in [0.25, 0.3) is 0 Å². The lowest BCUT2D eigenvalue weighted by Gasteiger charge is -2.23. The quantitative estimate of drug-likeness (QED) is 0.568. The lowest BCUT2D eigenvalue weighted by atomic mass is 9.83. The summed E-state index contributed by atoms with van der Waals surface area (Å²) in [6.07, 6.45) is 1.55. The third kappa shape index (κ3) is 3.89. The normalized spacial score (nSPS) is 15.8. The van der Waals surface area contributed by atoms with Gasteiger partial charge in [-0.1, -0.05) is 32.0 Å². The molecule has 6 nitrogen and oxygen atoms in total. The van der Waals surface area contributed by atoms with E-state index in [4.69, 9.17) is 4.74 Å². The van der Waals surface area contributed by atoms with E-state index in [1.807, 2.05) is 37.1 Å². The molecule has 0 radical (unpaired) electrons. The summed E-state index contributed by atoms with van der Waals surface area (Å²) < 4.78 is 5.30. The number of carbonyl (C=O) groups is 3. The van der Waals surface area contributed by atoms with E-state index >= 15 is 0 Å². The van der Waals surface area contributed by atoms with E-state index in [0.717, 1.165) is 27.4 Å². The summed E-state index contributed by atoms with van der Waals surface area (Å²) in [6, 6.07) is 8.03. The third-order valence-electron chi connectivity index (χ3n) is 5.46. The van der Waals surface area contributed by atoms with Gasteiger partial charge in [0.1, 0.15) is 5.00 Å². The Morgan fingerprint density at radius 2 is 1.87 bits per heavy atom. The second kappa shape index (κ2) is 8.07. The molecule has 0 bridgehead atoms. The van der Waals surface area contributed by atoms with Crippen LogP contribution >= 0.6 is 11.3 Å². The van der Waals surface area contributed by atoms with Crippen molar-refractivity contribution >= 4 is 39.7 Å². The van der Waals surface area contributed by atoms with Gasteiger partial charge in [-0.15, -0.1) is 11.3 Å². The summed E-state index contributed by atoms with van der Waals surface area (Å²) in [5.41, 5.74) is 3.78. The molecule has 0 aliphatic carbocycles. The second-order valence-electron chi connectivity index (χ2n) is 7.94. The highest BCUT2D eigenvalue weighted by Gasteiger charge is 2.38. The summed E-state index contributed by atoms with van der Waals surface area (Å²) in [5, 5.41) is 3.11. The molecule has 1 amide bonds. The molecule has 1 aromatic heterocycles. The van der Waals surface area contributed by atoms with Crippen molar-refractivity contribution in [3.8, 4) is 0 Å². The number of hydrogen-bond donors (Lipinski definition) is 1. The number of aryl methyl sites for hydroxylation is 1. The van der Waals surface area contributed by atoms with Crippen LogP contribution in [0.2, 0.25) is 0 Å². The molecule has 0 saturated carbocycles. The van der Waals surface area contributed by atoms with Gasteiger partial charge in [0, 0.05) is 41.7 Å². The molecule has 1 N–H and O–H groups in total. The van der Waals surface area contributed by atoms with Crippen molar-refractivity contribution in [3.63, 3.8) is 0 Å². The fraction of sp³-hybridized carbons (Fsp3) is 0.348. The van der Waals surface area contributed by atoms with Crippen LogP contribution in [0, 0.1) is 13.8 Å². The molecule has 30 heavy (non-hydrogen) atoms. The maximum atomic E-state index is 12.6. The summed E-state index contributed by atoms with van der Waals surface area (Å²) in [6.45, 7) is 8.82. The molecule has 1 aliphatic rings. The molecule has 0 atom stereocenters. The number of rotatable bonds is 5. The second-order valence-corrected chi connectivity index (χ2v) is 9.17. The summed E-state index contributed by atoms with van der Waals surface area (Å²) in [7, 11) is 1.93. The Hall–Kier alpha value is -2.93. The van der Waals surface area contributed by atoms with Crippen LogP contribution in [0.25, 0.3) is 0 Å². The van der Waals surface area contributed by atoms with Gasteiger partial charge in [-0.2, -0.15) is 0 Å². The first kappa shape index (κ1) is 21.8. The van der Waals surface area contributed by atoms with Gasteiger partial charge in [-0.05, 0) is 31.0 Å². The lowest BCUT2D eigenvalue weighted by Crippen LogP contribution is -2.25. The van der Waals surface area contributed by atoms with Crippen molar-refractivity contribution in [2.24, 2.45) is 0 Å². The minimum atomic E-state index is -0.616. The van der Waals surface area contributed by atoms with Gasteiger partial charge in [0.2, 0.25) is 5.91 Å². The largest absolute Gasteiger partial charge is 0.454 e. The number of para-hydroxylation sites is 1. The number of likely N-dealkylation sites (N-methyl/N-ethyl adjacent to an activating group) is 1. The number of ketones is 1. The lowest BCUT2D eigenvalue weighted by molar-refractivity contribution is -0.117. The molecule has 1 aromatic carbocycles. The van der Waals surface area contributed by atoms with E-state index in [-0.39, 0.29) is 23.7 Å². The van der Waals surface area contributed by atoms with Crippen molar-refractivity contribution in [2.45, 2.75) is 40.0 Å². The number of amides is 1. The van der Waals surface area contributed by atoms with Crippen LogP contribution < -0.4 is 10.2 Å². The molecular weight excluding hydrogens is 400 g/mol. The van der Waals surface area contributed by atoms with Gasteiger partial charge >= 0.3 is 5.97 Å². The van der Waals surface area contributed by atoms with Gasteiger partial charge in [-0.25, -0.2) is 4.79 Å². The molecule has 0 saturated heterocycles. The zero-order valence-electron chi connectivity index (χ0n) is 18.1. The van der Waals surface area contributed by atoms with E-state index in [9.17, 15) is 14.4 Å². The number of hydrogen-bond acceptors (Lipinski definition) is 6. The van der Waals surface area contributed by atoms with Crippen molar-refractivity contribution in [1.29, 1.82) is 0 Å². The van der Waals surface area contributed by atoms with Gasteiger partial charge in [-0.3, -0.25) is 9.59 Å². The highest BCUT2D eigenvalue weighted by Crippen LogP contribution is 2.46. The van der Waals surface area contributed by atoms with Gasteiger partial charge in [0.05, 0.1) is 5.56 Å². The standard InChI is InChI=1S/C23H26N2O4S/c1-13-14(2)30-21(24-15(3)26)20(13)22(28)29-12-16(27)11-19-23(4,5)17-9-7-8-10-18(17)25(19)6/h7-11H,12H2,1-6H3,(H,24,26)/b19-11+. The Labute approximate surface area is 180 Å². The number of benzene rings is 1. The molecular formula is C23H26N2O4S. The van der Waals surface area contributed by atoms with Crippen LogP contribution in [0.1, 0.15) is 47.1 Å². The first-order valence-electron chi connectivity index (χ1n) is 9.67. The number of nitrogens with zero attached hydrogens (tertiary/aromatic N) is 1. The van der Waals surface area contributed by atoms with Crippen molar-refractivity contribution in [3.05, 3.63) is 57.6 Å².